The molecule has 15 heavy (non-hydrogen) atoms. The second-order valence-corrected chi connectivity index (χ2v) is 4.74. The lowest BCUT2D eigenvalue weighted by Crippen LogP contribution is -2.25. The van der Waals surface area contributed by atoms with Gasteiger partial charge < -0.3 is 15.5 Å². The number of thioether (sulfide) groups is 1. The number of hydrogen-bond donors (Lipinski definition) is 2. The molecule has 0 aliphatic heterocycles. The average molecular weight is 228 g/mol. The third kappa shape index (κ3) is 2.43. The fourth-order valence-corrected chi connectivity index (χ4v) is 2.86. The van der Waals surface area contributed by atoms with Crippen molar-refractivity contribution in [2.24, 2.45) is 5.73 Å². The molecule has 6 heteroatoms. The zero-order valence-corrected chi connectivity index (χ0v) is 9.59. The highest BCUT2D eigenvalue weighted by Gasteiger charge is 2.27. The lowest BCUT2D eigenvalue weighted by Gasteiger charge is -2.17. The van der Waals surface area contributed by atoms with Gasteiger partial charge in [0.2, 0.25) is 5.89 Å². The van der Waals surface area contributed by atoms with Crippen LogP contribution < -0.4 is 11.1 Å². The van der Waals surface area contributed by atoms with Crippen molar-refractivity contribution in [1.29, 1.82) is 0 Å². The molecule has 0 aromatic carbocycles. The Morgan fingerprint density at radius 1 is 1.53 bits per heavy atom. The second kappa shape index (κ2) is 4.85. The monoisotopic (exact) mass is 228 g/mol. The van der Waals surface area contributed by atoms with E-state index in [4.69, 9.17) is 10.2 Å². The molecule has 2 unspecified atom stereocenters. The number of hydrogen-bond acceptors (Lipinski definition) is 6. The molecule has 0 bridgehead atoms. The summed E-state index contributed by atoms with van der Waals surface area (Å²) in [5.41, 5.74) is 5.40. The molecule has 1 saturated carbocycles. The van der Waals surface area contributed by atoms with E-state index >= 15 is 0 Å². The minimum Gasteiger partial charge on any atom is -0.407 e. The van der Waals surface area contributed by atoms with Crippen molar-refractivity contribution in [3.05, 3.63) is 5.89 Å². The maximum absolute atomic E-state index is 5.40. The molecule has 3 N–H and O–H groups in total. The number of anilines is 1. The minimum absolute atomic E-state index is 0.297. The van der Waals surface area contributed by atoms with E-state index in [1.54, 1.807) is 0 Å². The summed E-state index contributed by atoms with van der Waals surface area (Å²) in [6.45, 7) is 0.297. The van der Waals surface area contributed by atoms with Crippen LogP contribution >= 0.6 is 11.8 Å². The van der Waals surface area contributed by atoms with Gasteiger partial charge in [-0.1, -0.05) is 11.5 Å². The van der Waals surface area contributed by atoms with Gasteiger partial charge in [0.1, 0.15) is 0 Å². The Morgan fingerprint density at radius 2 is 2.40 bits per heavy atom. The second-order valence-electron chi connectivity index (χ2n) is 3.66. The van der Waals surface area contributed by atoms with E-state index in [0.29, 0.717) is 29.7 Å². The first kappa shape index (κ1) is 10.8. The number of nitrogens with one attached hydrogen (secondary N) is 1. The maximum atomic E-state index is 5.40. The molecule has 0 amide bonds. The van der Waals surface area contributed by atoms with Crippen molar-refractivity contribution in [1.82, 2.24) is 10.2 Å². The average Bonchev–Trinajstić information content (AvgIpc) is 2.87. The van der Waals surface area contributed by atoms with Crippen molar-refractivity contribution in [3.63, 3.8) is 0 Å². The summed E-state index contributed by atoms with van der Waals surface area (Å²) in [5.74, 6) is 0.483. The molecule has 1 aliphatic carbocycles. The summed E-state index contributed by atoms with van der Waals surface area (Å²) in [6, 6.07) is 0.951. The highest BCUT2D eigenvalue weighted by Crippen LogP contribution is 2.30. The van der Waals surface area contributed by atoms with Crippen molar-refractivity contribution in [2.45, 2.75) is 37.1 Å². The number of nitrogens with two attached hydrogens (primary N) is 1. The van der Waals surface area contributed by atoms with E-state index in [1.165, 1.54) is 19.3 Å². The van der Waals surface area contributed by atoms with Gasteiger partial charge in [0.05, 0.1) is 6.54 Å². The van der Waals surface area contributed by atoms with E-state index < -0.39 is 0 Å². The molecule has 5 nitrogen and oxygen atoms in total. The van der Waals surface area contributed by atoms with Crippen molar-refractivity contribution < 1.29 is 4.42 Å². The molecule has 2 rings (SSSR count). The first-order valence-corrected chi connectivity index (χ1v) is 6.44. The molecule has 0 radical (unpaired) electrons. The van der Waals surface area contributed by atoms with Crippen LogP contribution in [0.5, 0.6) is 0 Å². The normalized spacial score (nSPS) is 25.7. The van der Waals surface area contributed by atoms with Crippen LogP contribution in [0.3, 0.4) is 0 Å². The van der Waals surface area contributed by atoms with Crippen LogP contribution in [-0.2, 0) is 6.54 Å². The Bertz CT molecular complexity index is 317. The third-order valence-electron chi connectivity index (χ3n) is 2.71. The Morgan fingerprint density at radius 3 is 3.07 bits per heavy atom. The first-order valence-electron chi connectivity index (χ1n) is 5.15. The standard InChI is InChI=1S/C9H16N4OS/c1-15-7-4-2-3-6(7)11-9-13-12-8(5-10)14-9/h6-7H,2-5,10H2,1H3,(H,11,13). The largest absolute Gasteiger partial charge is 0.407 e. The van der Waals surface area contributed by atoms with Crippen molar-refractivity contribution in [2.75, 3.05) is 11.6 Å². The van der Waals surface area contributed by atoms with E-state index in [2.05, 4.69) is 21.8 Å². The van der Waals surface area contributed by atoms with E-state index in [1.807, 2.05) is 11.8 Å². The Balaban J connectivity index is 1.95. The SMILES string of the molecule is CSC1CCCC1Nc1nnc(CN)o1. The quantitative estimate of drug-likeness (QED) is 0.807. The highest BCUT2D eigenvalue weighted by atomic mass is 32.2. The molecule has 0 spiro atoms. The van der Waals surface area contributed by atoms with Gasteiger partial charge >= 0.3 is 6.01 Å². The lowest BCUT2D eigenvalue weighted by molar-refractivity contribution is 0.501. The predicted octanol–water partition coefficient (Wildman–Crippen LogP) is 1.22. The molecule has 1 aromatic rings. The first-order chi connectivity index (χ1) is 7.33. The maximum Gasteiger partial charge on any atom is 0.315 e. The predicted molar refractivity (Wildman–Crippen MR) is 60.8 cm³/mol. The number of rotatable bonds is 4. The van der Waals surface area contributed by atoms with Crippen molar-refractivity contribution in [3.8, 4) is 0 Å². The zero-order valence-electron chi connectivity index (χ0n) is 8.77. The summed E-state index contributed by atoms with van der Waals surface area (Å²) in [5, 5.41) is 11.6. The van der Waals surface area contributed by atoms with Gasteiger partial charge in [-0.25, -0.2) is 0 Å². The number of nitrogens with zero attached hydrogens (tertiary/aromatic N) is 2. The molecule has 1 aromatic heterocycles. The van der Waals surface area contributed by atoms with Crippen LogP contribution in [0.4, 0.5) is 6.01 Å². The lowest BCUT2D eigenvalue weighted by atomic mass is 10.2. The van der Waals surface area contributed by atoms with E-state index in [-0.39, 0.29) is 0 Å². The van der Waals surface area contributed by atoms with Gasteiger partial charge in [0.25, 0.3) is 0 Å². The van der Waals surface area contributed by atoms with Crippen LogP contribution in [-0.4, -0.2) is 27.7 Å². The van der Waals surface area contributed by atoms with Gasteiger partial charge in [-0.3, -0.25) is 0 Å². The van der Waals surface area contributed by atoms with Crippen molar-refractivity contribution >= 4 is 17.8 Å². The van der Waals surface area contributed by atoms with Gasteiger partial charge in [0, 0.05) is 11.3 Å². The highest BCUT2D eigenvalue weighted by molar-refractivity contribution is 7.99. The molecular weight excluding hydrogens is 212 g/mol. The number of aromatic nitrogens is 2. The summed E-state index contributed by atoms with van der Waals surface area (Å²) in [7, 11) is 0. The smallest absolute Gasteiger partial charge is 0.315 e. The summed E-state index contributed by atoms with van der Waals surface area (Å²) in [6.07, 6.45) is 5.84. The Labute approximate surface area is 93.2 Å². The fourth-order valence-electron chi connectivity index (χ4n) is 1.93. The van der Waals surface area contributed by atoms with Gasteiger partial charge in [-0.05, 0) is 19.1 Å². The molecule has 1 heterocycles. The van der Waals surface area contributed by atoms with Gasteiger partial charge in [-0.2, -0.15) is 11.8 Å². The van der Waals surface area contributed by atoms with Gasteiger partial charge in [-0.15, -0.1) is 5.10 Å². The molecule has 2 atom stereocenters. The Kier molecular flexibility index (Phi) is 3.48. The molecule has 0 saturated heterocycles. The minimum atomic E-state index is 0.297. The fraction of sp³-hybridized carbons (Fsp3) is 0.778. The Hall–Kier alpha value is -0.750. The van der Waals surface area contributed by atoms with E-state index in [0.717, 1.165) is 0 Å². The third-order valence-corrected chi connectivity index (χ3v) is 3.88. The van der Waals surface area contributed by atoms with Gasteiger partial charge in [0.15, 0.2) is 0 Å². The van der Waals surface area contributed by atoms with Crippen LogP contribution in [0.25, 0.3) is 0 Å². The summed E-state index contributed by atoms with van der Waals surface area (Å²) >= 11 is 1.90. The molecule has 1 aliphatic rings. The van der Waals surface area contributed by atoms with Crippen LogP contribution in [0.1, 0.15) is 25.2 Å². The van der Waals surface area contributed by atoms with E-state index in [9.17, 15) is 0 Å². The topological polar surface area (TPSA) is 77.0 Å². The zero-order chi connectivity index (χ0) is 10.7. The summed E-state index contributed by atoms with van der Waals surface area (Å²) in [4.78, 5) is 0. The molecule has 1 fully saturated rings. The van der Waals surface area contributed by atoms with Crippen LogP contribution in [0.2, 0.25) is 0 Å². The summed E-state index contributed by atoms with van der Waals surface area (Å²) < 4.78 is 5.32. The van der Waals surface area contributed by atoms with Crippen LogP contribution in [0, 0.1) is 0 Å². The van der Waals surface area contributed by atoms with Crippen LogP contribution in [0.15, 0.2) is 4.42 Å². The molecule has 84 valence electrons. The molecular formula is C9H16N4OS.